The third-order valence-corrected chi connectivity index (χ3v) is 1.11. The number of anilines is 3. The van der Waals surface area contributed by atoms with Crippen LogP contribution in [-0.2, 0) is 4.57 Å². The smallest absolute Gasteiger partial charge is 0.281 e. The number of rotatable bonds is 2. The van der Waals surface area contributed by atoms with Crippen LogP contribution in [0.15, 0.2) is 0 Å². The van der Waals surface area contributed by atoms with Crippen molar-refractivity contribution in [2.45, 2.75) is 0 Å². The lowest BCUT2D eigenvalue weighted by Crippen LogP contribution is -2.04. The van der Waals surface area contributed by atoms with Crippen molar-refractivity contribution in [1.29, 1.82) is 0 Å². The molecule has 0 aromatic carbocycles. The first kappa shape index (κ1) is 7.62. The molecule has 1 heterocycles. The summed E-state index contributed by atoms with van der Waals surface area (Å²) in [4.78, 5) is 10.7. The van der Waals surface area contributed by atoms with Crippen molar-refractivity contribution in [2.24, 2.45) is 0 Å². The van der Waals surface area contributed by atoms with E-state index < -0.39 is 0 Å². The van der Waals surface area contributed by atoms with Crippen molar-refractivity contribution < 1.29 is 4.57 Å². The first-order valence-electron chi connectivity index (χ1n) is 2.58. The van der Waals surface area contributed by atoms with Crippen molar-refractivity contribution in [3.05, 3.63) is 0 Å². The standard InChI is InChI=1S/C3H5N6OP/c4-1-6-2(5)8-3(7-1)9-11-10/h(H5,4,5,6,7,8,9,10). The normalized spacial score (nSPS) is 9.82. The van der Waals surface area contributed by atoms with Crippen LogP contribution in [0.2, 0.25) is 0 Å². The zero-order valence-corrected chi connectivity index (χ0v) is 6.25. The molecular formula is C3H5N6OP. The Morgan fingerprint density at radius 1 is 1.18 bits per heavy atom. The first-order chi connectivity index (χ1) is 5.22. The molecule has 0 aliphatic heterocycles. The minimum atomic E-state index is -0.314. The maximum Gasteiger partial charge on any atom is 0.281 e. The quantitative estimate of drug-likeness (QED) is 0.521. The Hall–Kier alpha value is -1.49. The minimum Gasteiger partial charge on any atom is -0.368 e. The largest absolute Gasteiger partial charge is 0.368 e. The van der Waals surface area contributed by atoms with Crippen LogP contribution in [0.4, 0.5) is 17.8 Å². The second-order valence-electron chi connectivity index (χ2n) is 1.58. The maximum atomic E-state index is 10.0. The van der Waals surface area contributed by atoms with Crippen molar-refractivity contribution in [2.75, 3.05) is 16.6 Å². The zero-order valence-electron chi connectivity index (χ0n) is 5.35. The van der Waals surface area contributed by atoms with E-state index in [9.17, 15) is 4.57 Å². The Morgan fingerprint density at radius 3 is 2.18 bits per heavy atom. The number of nitrogens with zero attached hydrogens (tertiary/aromatic N) is 3. The second-order valence-corrected chi connectivity index (χ2v) is 1.98. The molecule has 1 aromatic rings. The van der Waals surface area contributed by atoms with Gasteiger partial charge in [-0.05, 0) is 0 Å². The predicted octanol–water partition coefficient (Wildman–Crippen LogP) is -0.345. The van der Waals surface area contributed by atoms with E-state index in [0.29, 0.717) is 0 Å². The number of hydrogen-bond donors (Lipinski definition) is 3. The van der Waals surface area contributed by atoms with Gasteiger partial charge in [0.2, 0.25) is 17.8 Å². The summed E-state index contributed by atoms with van der Waals surface area (Å²) >= 11 is 0. The van der Waals surface area contributed by atoms with Crippen LogP contribution < -0.4 is 16.6 Å². The highest BCUT2D eigenvalue weighted by Crippen LogP contribution is 2.06. The first-order valence-corrected chi connectivity index (χ1v) is 3.39. The van der Waals surface area contributed by atoms with Gasteiger partial charge in [0.05, 0.1) is 0 Å². The molecule has 1 rings (SSSR count). The van der Waals surface area contributed by atoms with Gasteiger partial charge in [-0.25, -0.2) is 4.57 Å². The average molecular weight is 172 g/mol. The lowest BCUT2D eigenvalue weighted by Gasteiger charge is -1.97. The molecule has 0 aliphatic rings. The Labute approximate surface area is 63.5 Å². The number of nitrogens with two attached hydrogens (primary N) is 2. The SMILES string of the molecule is Nc1nc(N)nc(NP=O)n1. The summed E-state index contributed by atoms with van der Waals surface area (Å²) in [5.41, 5.74) is 10.4. The molecule has 0 bridgehead atoms. The highest BCUT2D eigenvalue weighted by Gasteiger charge is 1.98. The van der Waals surface area contributed by atoms with Gasteiger partial charge in [-0.2, -0.15) is 15.0 Å². The Kier molecular flexibility index (Phi) is 2.12. The average Bonchev–Trinajstić information content (AvgIpc) is 1.85. The summed E-state index contributed by atoms with van der Waals surface area (Å²) in [6.45, 7) is 0. The summed E-state index contributed by atoms with van der Waals surface area (Å²) < 4.78 is 10.0. The Morgan fingerprint density at radius 2 is 1.73 bits per heavy atom. The molecule has 1 aromatic heterocycles. The van der Waals surface area contributed by atoms with Gasteiger partial charge >= 0.3 is 0 Å². The maximum absolute atomic E-state index is 10.0. The topological polar surface area (TPSA) is 120 Å². The van der Waals surface area contributed by atoms with E-state index in [2.05, 4.69) is 20.0 Å². The monoisotopic (exact) mass is 172 g/mol. The Balaban J connectivity index is 2.98. The van der Waals surface area contributed by atoms with Gasteiger partial charge in [-0.3, -0.25) is 5.09 Å². The highest BCUT2D eigenvalue weighted by atomic mass is 31.1. The van der Waals surface area contributed by atoms with Crippen LogP contribution in [0, 0.1) is 0 Å². The number of nitrogens with one attached hydrogen (secondary N) is 1. The van der Waals surface area contributed by atoms with Crippen LogP contribution in [-0.4, -0.2) is 15.0 Å². The fourth-order valence-electron chi connectivity index (χ4n) is 0.500. The van der Waals surface area contributed by atoms with Crippen LogP contribution in [0.3, 0.4) is 0 Å². The molecule has 0 atom stereocenters. The molecule has 0 spiro atoms. The van der Waals surface area contributed by atoms with Crippen molar-refractivity contribution in [3.8, 4) is 0 Å². The molecule has 11 heavy (non-hydrogen) atoms. The molecule has 0 unspecified atom stereocenters. The summed E-state index contributed by atoms with van der Waals surface area (Å²) in [6, 6.07) is 0. The van der Waals surface area contributed by atoms with E-state index in [1.807, 2.05) is 0 Å². The van der Waals surface area contributed by atoms with Gasteiger partial charge in [-0.1, -0.05) is 0 Å². The van der Waals surface area contributed by atoms with E-state index in [4.69, 9.17) is 11.5 Å². The number of nitrogen functional groups attached to an aromatic ring is 2. The van der Waals surface area contributed by atoms with Crippen LogP contribution >= 0.6 is 8.61 Å². The fraction of sp³-hybridized carbons (Fsp3) is 0. The molecule has 58 valence electrons. The van der Waals surface area contributed by atoms with Gasteiger partial charge in [-0.15, -0.1) is 0 Å². The van der Waals surface area contributed by atoms with E-state index in [1.54, 1.807) is 0 Å². The highest BCUT2D eigenvalue weighted by molar-refractivity contribution is 7.25. The molecule has 8 heteroatoms. The van der Waals surface area contributed by atoms with Gasteiger partial charge in [0.1, 0.15) is 0 Å². The lowest BCUT2D eigenvalue weighted by molar-refractivity contribution is 0.601. The van der Waals surface area contributed by atoms with Crippen LogP contribution in [0.5, 0.6) is 0 Å². The molecule has 0 fully saturated rings. The summed E-state index contributed by atoms with van der Waals surface area (Å²) in [5.74, 6) is 0.0685. The number of hydrogen-bond acceptors (Lipinski definition) is 6. The van der Waals surface area contributed by atoms with Gasteiger partial charge in [0.15, 0.2) is 0 Å². The van der Waals surface area contributed by atoms with E-state index in [-0.39, 0.29) is 26.5 Å². The van der Waals surface area contributed by atoms with Crippen molar-refractivity contribution in [1.82, 2.24) is 15.0 Å². The molecule has 0 aliphatic carbocycles. The molecule has 0 radical (unpaired) electrons. The number of aromatic nitrogens is 3. The summed E-state index contributed by atoms with van der Waals surface area (Å²) in [6.07, 6.45) is 0. The fourth-order valence-corrected chi connectivity index (χ4v) is 0.682. The third-order valence-electron chi connectivity index (χ3n) is 0.816. The van der Waals surface area contributed by atoms with Gasteiger partial charge in [0, 0.05) is 0 Å². The lowest BCUT2D eigenvalue weighted by atomic mass is 10.8. The van der Waals surface area contributed by atoms with Gasteiger partial charge < -0.3 is 11.5 Å². The van der Waals surface area contributed by atoms with Crippen LogP contribution in [0.1, 0.15) is 0 Å². The molecule has 0 amide bonds. The molecule has 0 saturated heterocycles. The predicted molar refractivity (Wildman–Crippen MR) is 39.9 cm³/mol. The van der Waals surface area contributed by atoms with Crippen LogP contribution in [0.25, 0.3) is 0 Å². The van der Waals surface area contributed by atoms with Crippen molar-refractivity contribution in [3.63, 3.8) is 0 Å². The molecule has 7 nitrogen and oxygen atoms in total. The second kappa shape index (κ2) is 3.07. The third kappa shape index (κ3) is 1.98. The molecular weight excluding hydrogens is 167 g/mol. The van der Waals surface area contributed by atoms with E-state index in [0.717, 1.165) is 0 Å². The van der Waals surface area contributed by atoms with Crippen molar-refractivity contribution >= 4 is 26.5 Å². The Bertz CT molecular complexity index is 256. The summed E-state index contributed by atoms with van der Waals surface area (Å²) in [5, 5.41) is 2.28. The van der Waals surface area contributed by atoms with E-state index in [1.165, 1.54) is 0 Å². The summed E-state index contributed by atoms with van der Waals surface area (Å²) in [7, 11) is -0.314. The minimum absolute atomic E-state index is 0.0105. The molecule has 5 N–H and O–H groups in total. The van der Waals surface area contributed by atoms with E-state index >= 15 is 0 Å². The zero-order chi connectivity index (χ0) is 8.27. The molecule has 0 saturated carbocycles. The van der Waals surface area contributed by atoms with Gasteiger partial charge in [0.25, 0.3) is 8.61 Å².